The Morgan fingerprint density at radius 2 is 1.89 bits per heavy atom. The molecule has 0 unspecified atom stereocenters. The van der Waals surface area contributed by atoms with Crippen molar-refractivity contribution in [2.24, 2.45) is 0 Å². The van der Waals surface area contributed by atoms with E-state index in [-0.39, 0.29) is 31.3 Å². The highest BCUT2D eigenvalue weighted by Crippen LogP contribution is 2.38. The van der Waals surface area contributed by atoms with Gasteiger partial charge in [0, 0.05) is 42.1 Å². The van der Waals surface area contributed by atoms with E-state index in [1.54, 1.807) is 24.3 Å². The van der Waals surface area contributed by atoms with Crippen LogP contribution < -0.4 is 10.1 Å². The number of carbonyl (C=O) groups excluding carboxylic acids is 1. The topological polar surface area (TPSA) is 114 Å². The number of aromatic nitrogens is 2. The first-order valence-corrected chi connectivity index (χ1v) is 12.1. The number of aliphatic hydroxyl groups excluding tert-OH is 2. The molecule has 8 nitrogen and oxygen atoms in total. The lowest BCUT2D eigenvalue weighted by Crippen LogP contribution is -2.38. The van der Waals surface area contributed by atoms with E-state index in [0.29, 0.717) is 49.1 Å². The monoisotopic (exact) mass is 531 g/mol. The van der Waals surface area contributed by atoms with Gasteiger partial charge in [0.25, 0.3) is 5.91 Å². The minimum Gasteiger partial charge on any atom is -0.475 e. The number of pyridine rings is 2. The number of anilines is 1. The summed E-state index contributed by atoms with van der Waals surface area (Å²) in [5.74, 6) is -0.437. The largest absolute Gasteiger partial charge is 0.475 e. The van der Waals surface area contributed by atoms with Crippen molar-refractivity contribution in [2.75, 3.05) is 38.4 Å². The minimum absolute atomic E-state index is 0.0338. The molecule has 0 saturated carbocycles. The molecule has 0 bridgehead atoms. The molecule has 3 heterocycles. The molecular weight excluding hydrogens is 503 g/mol. The molecule has 38 heavy (non-hydrogen) atoms. The van der Waals surface area contributed by atoms with Gasteiger partial charge in [0.05, 0.1) is 18.9 Å². The highest BCUT2D eigenvalue weighted by atomic mass is 19.4. The van der Waals surface area contributed by atoms with Crippen LogP contribution in [0.3, 0.4) is 0 Å². The Morgan fingerprint density at radius 3 is 2.58 bits per heavy atom. The molecule has 11 heteroatoms. The lowest BCUT2D eigenvalue weighted by molar-refractivity contribution is -0.141. The number of rotatable bonds is 8. The van der Waals surface area contributed by atoms with E-state index >= 15 is 0 Å². The molecule has 202 valence electrons. The van der Waals surface area contributed by atoms with Crippen LogP contribution in [-0.2, 0) is 16.3 Å². The van der Waals surface area contributed by atoms with Crippen LogP contribution in [0.4, 0.5) is 18.9 Å². The minimum atomic E-state index is -4.67. The van der Waals surface area contributed by atoms with Crippen LogP contribution in [-0.4, -0.2) is 59.1 Å². The molecule has 1 aliphatic rings. The predicted octanol–water partition coefficient (Wildman–Crippen LogP) is 4.13. The SMILES string of the molecule is Cc1ccc(NC(=O)c2ccnc(C(F)(F)F)c2)cc1-c1cc(OCCO)nc(C2(CO)CCOCC2)c1. The number of hydrogen-bond donors (Lipinski definition) is 3. The van der Waals surface area contributed by atoms with Crippen molar-refractivity contribution >= 4 is 11.6 Å². The van der Waals surface area contributed by atoms with Gasteiger partial charge in [-0.1, -0.05) is 6.07 Å². The van der Waals surface area contributed by atoms with Gasteiger partial charge in [0.1, 0.15) is 12.3 Å². The number of ether oxygens (including phenoxy) is 2. The number of aryl methyl sites for hydroxylation is 1. The molecule has 0 spiro atoms. The summed E-state index contributed by atoms with van der Waals surface area (Å²) in [5.41, 5.74) is 1.35. The van der Waals surface area contributed by atoms with Gasteiger partial charge >= 0.3 is 6.18 Å². The molecular formula is C27H28F3N3O5. The van der Waals surface area contributed by atoms with Crippen LogP contribution in [0.2, 0.25) is 0 Å². The van der Waals surface area contributed by atoms with Crippen LogP contribution in [0.15, 0.2) is 48.7 Å². The fraction of sp³-hybridized carbons (Fsp3) is 0.370. The summed E-state index contributed by atoms with van der Waals surface area (Å²) in [7, 11) is 0. The molecule has 0 atom stereocenters. The number of carbonyl (C=O) groups is 1. The van der Waals surface area contributed by atoms with Gasteiger partial charge in [0.15, 0.2) is 0 Å². The molecule has 1 aromatic carbocycles. The molecule has 3 N–H and O–H groups in total. The van der Waals surface area contributed by atoms with Crippen LogP contribution in [0.5, 0.6) is 5.88 Å². The van der Waals surface area contributed by atoms with E-state index < -0.39 is 23.2 Å². The van der Waals surface area contributed by atoms with Gasteiger partial charge in [-0.3, -0.25) is 9.78 Å². The van der Waals surface area contributed by atoms with Crippen molar-refractivity contribution in [2.45, 2.75) is 31.4 Å². The zero-order chi connectivity index (χ0) is 27.3. The Balaban J connectivity index is 1.69. The maximum atomic E-state index is 13.0. The molecule has 0 aliphatic carbocycles. The lowest BCUT2D eigenvalue weighted by Gasteiger charge is -2.35. The second kappa shape index (κ2) is 11.5. The van der Waals surface area contributed by atoms with E-state index in [4.69, 9.17) is 9.47 Å². The molecule has 1 aliphatic heterocycles. The Labute approximate surface area is 217 Å². The summed E-state index contributed by atoms with van der Waals surface area (Å²) in [6, 6.07) is 10.6. The number of amides is 1. The van der Waals surface area contributed by atoms with E-state index in [1.807, 2.05) is 13.0 Å². The molecule has 1 fully saturated rings. The van der Waals surface area contributed by atoms with E-state index in [2.05, 4.69) is 15.3 Å². The molecule has 3 aromatic rings. The van der Waals surface area contributed by atoms with E-state index in [0.717, 1.165) is 17.3 Å². The molecule has 1 saturated heterocycles. The van der Waals surface area contributed by atoms with Gasteiger partial charge < -0.3 is 25.0 Å². The van der Waals surface area contributed by atoms with Crippen molar-refractivity contribution in [3.63, 3.8) is 0 Å². The summed E-state index contributed by atoms with van der Waals surface area (Å²) in [6.07, 6.45) is -2.59. The number of nitrogens with one attached hydrogen (secondary N) is 1. The normalized spacial score (nSPS) is 15.2. The van der Waals surface area contributed by atoms with Crippen molar-refractivity contribution in [3.05, 3.63) is 71.2 Å². The van der Waals surface area contributed by atoms with Gasteiger partial charge in [-0.2, -0.15) is 13.2 Å². The standard InChI is InChI=1S/C27H28F3N3O5/c1-17-2-3-20(32-25(36)18-4-7-31-23(12-18)27(28,29)30)15-21(17)19-13-22(33-24(14-19)38-11-8-34)26(16-35)5-9-37-10-6-26/h2-4,7,12-15,34-35H,5-6,8-11,16H2,1H3,(H,32,36). The Kier molecular flexibility index (Phi) is 8.29. The van der Waals surface area contributed by atoms with Crippen molar-refractivity contribution in [1.29, 1.82) is 0 Å². The molecule has 2 aromatic heterocycles. The number of aliphatic hydroxyl groups is 2. The van der Waals surface area contributed by atoms with Gasteiger partial charge in [-0.05, 0) is 66.8 Å². The Bertz CT molecular complexity index is 1290. The third kappa shape index (κ3) is 6.12. The molecule has 0 radical (unpaired) electrons. The smallest absolute Gasteiger partial charge is 0.433 e. The predicted molar refractivity (Wildman–Crippen MR) is 133 cm³/mol. The Morgan fingerprint density at radius 1 is 1.13 bits per heavy atom. The third-order valence-electron chi connectivity index (χ3n) is 6.56. The van der Waals surface area contributed by atoms with Crippen LogP contribution in [0.1, 0.15) is 40.2 Å². The zero-order valence-electron chi connectivity index (χ0n) is 20.7. The van der Waals surface area contributed by atoms with Gasteiger partial charge in [-0.25, -0.2) is 4.98 Å². The van der Waals surface area contributed by atoms with Crippen LogP contribution >= 0.6 is 0 Å². The summed E-state index contributed by atoms with van der Waals surface area (Å²) >= 11 is 0. The fourth-order valence-electron chi connectivity index (χ4n) is 4.35. The quantitative estimate of drug-likeness (QED) is 0.401. The van der Waals surface area contributed by atoms with Crippen molar-refractivity contribution < 1.29 is 37.7 Å². The average molecular weight is 532 g/mol. The molecule has 1 amide bonds. The number of alkyl halides is 3. The average Bonchev–Trinajstić information content (AvgIpc) is 2.92. The first-order chi connectivity index (χ1) is 18.1. The maximum Gasteiger partial charge on any atom is 0.433 e. The highest BCUT2D eigenvalue weighted by molar-refractivity contribution is 6.04. The van der Waals surface area contributed by atoms with Crippen molar-refractivity contribution in [1.82, 2.24) is 9.97 Å². The van der Waals surface area contributed by atoms with E-state index in [9.17, 15) is 28.2 Å². The summed E-state index contributed by atoms with van der Waals surface area (Å²) in [5, 5.41) is 22.2. The third-order valence-corrected chi connectivity index (χ3v) is 6.56. The van der Waals surface area contributed by atoms with Crippen molar-refractivity contribution in [3.8, 4) is 17.0 Å². The van der Waals surface area contributed by atoms with Crippen LogP contribution in [0, 0.1) is 6.92 Å². The second-order valence-electron chi connectivity index (χ2n) is 9.11. The van der Waals surface area contributed by atoms with Crippen LogP contribution in [0.25, 0.3) is 11.1 Å². The fourth-order valence-corrected chi connectivity index (χ4v) is 4.35. The zero-order valence-corrected chi connectivity index (χ0v) is 20.7. The number of hydrogen-bond acceptors (Lipinski definition) is 7. The number of benzene rings is 1. The number of halogens is 3. The number of nitrogens with zero attached hydrogens (tertiary/aromatic N) is 2. The Hall–Kier alpha value is -3.54. The lowest BCUT2D eigenvalue weighted by atomic mass is 9.77. The summed E-state index contributed by atoms with van der Waals surface area (Å²) in [4.78, 5) is 20.6. The maximum absolute atomic E-state index is 13.0. The summed E-state index contributed by atoms with van der Waals surface area (Å²) in [6.45, 7) is 2.53. The summed E-state index contributed by atoms with van der Waals surface area (Å²) < 4.78 is 50.2. The second-order valence-corrected chi connectivity index (χ2v) is 9.11. The first kappa shape index (κ1) is 27.5. The van der Waals surface area contributed by atoms with E-state index in [1.165, 1.54) is 6.07 Å². The first-order valence-electron chi connectivity index (χ1n) is 12.1. The highest BCUT2D eigenvalue weighted by Gasteiger charge is 2.36. The molecule has 4 rings (SSSR count). The van der Waals surface area contributed by atoms with Gasteiger partial charge in [-0.15, -0.1) is 0 Å². The van der Waals surface area contributed by atoms with Gasteiger partial charge in [0.2, 0.25) is 5.88 Å².